The minimum Gasteiger partial charge on any atom is -0.496 e. The van der Waals surface area contributed by atoms with Crippen molar-refractivity contribution in [2.45, 2.75) is 19.0 Å². The molecule has 130 valence electrons. The van der Waals surface area contributed by atoms with E-state index in [4.69, 9.17) is 9.47 Å². The molecule has 2 N–H and O–H groups in total. The van der Waals surface area contributed by atoms with Gasteiger partial charge in [0.1, 0.15) is 11.5 Å². The summed E-state index contributed by atoms with van der Waals surface area (Å²) in [5.41, 5.74) is 2.26. The molecule has 2 aromatic carbocycles. The Labute approximate surface area is 146 Å². The van der Waals surface area contributed by atoms with Gasteiger partial charge in [-0.2, -0.15) is 0 Å². The number of methoxy groups -OCH3 is 2. The Bertz CT molecular complexity index is 782. The minimum absolute atomic E-state index is 0.139. The lowest BCUT2D eigenvalue weighted by Crippen LogP contribution is -2.29. The predicted octanol–water partition coefficient (Wildman–Crippen LogP) is 2.19. The van der Waals surface area contributed by atoms with E-state index in [1.807, 2.05) is 36.4 Å². The molecule has 0 saturated carbocycles. The number of rotatable bonds is 6. The molecule has 0 unspecified atom stereocenters. The van der Waals surface area contributed by atoms with Crippen LogP contribution in [0.25, 0.3) is 0 Å². The van der Waals surface area contributed by atoms with Crippen molar-refractivity contribution in [3.8, 4) is 11.5 Å². The van der Waals surface area contributed by atoms with Gasteiger partial charge in [-0.3, -0.25) is 9.59 Å². The van der Waals surface area contributed by atoms with Crippen LogP contribution in [0.4, 0.5) is 0 Å². The summed E-state index contributed by atoms with van der Waals surface area (Å²) in [6.07, 6.45) is 0.181. The number of hydrogen-bond acceptors (Lipinski definition) is 4. The first-order chi connectivity index (χ1) is 12.1. The van der Waals surface area contributed by atoms with Crippen molar-refractivity contribution in [3.05, 3.63) is 59.2 Å². The SMILES string of the molecule is COc1cccc(OC)c1CNC(=O)C[C@H]1NC(=O)c2ccccc21. The van der Waals surface area contributed by atoms with E-state index < -0.39 is 0 Å². The fourth-order valence-corrected chi connectivity index (χ4v) is 3.03. The molecule has 6 nitrogen and oxygen atoms in total. The smallest absolute Gasteiger partial charge is 0.252 e. The van der Waals surface area contributed by atoms with Crippen molar-refractivity contribution in [2.75, 3.05) is 14.2 Å². The van der Waals surface area contributed by atoms with Gasteiger partial charge in [-0.1, -0.05) is 24.3 Å². The highest BCUT2D eigenvalue weighted by atomic mass is 16.5. The lowest BCUT2D eigenvalue weighted by molar-refractivity contribution is -0.121. The summed E-state index contributed by atoms with van der Waals surface area (Å²) in [5.74, 6) is 1.01. The van der Waals surface area contributed by atoms with Crippen LogP contribution in [-0.2, 0) is 11.3 Å². The van der Waals surface area contributed by atoms with Crippen molar-refractivity contribution in [2.24, 2.45) is 0 Å². The van der Waals surface area contributed by atoms with E-state index in [0.717, 1.165) is 11.1 Å². The fraction of sp³-hybridized carbons (Fsp3) is 0.263. The number of carbonyl (C=O) groups excluding carboxylic acids is 2. The van der Waals surface area contributed by atoms with E-state index in [9.17, 15) is 9.59 Å². The Hall–Kier alpha value is -3.02. The standard InChI is InChI=1S/C19H20N2O4/c1-24-16-8-5-9-17(25-2)14(16)11-20-18(22)10-15-12-6-3-4-7-13(12)19(23)21-15/h3-9,15H,10-11H2,1-2H3,(H,20,22)(H,21,23)/t15-/m1/s1. The summed E-state index contributed by atoms with van der Waals surface area (Å²) < 4.78 is 10.7. The maximum absolute atomic E-state index is 12.3. The molecule has 6 heteroatoms. The van der Waals surface area contributed by atoms with Gasteiger partial charge >= 0.3 is 0 Å². The molecule has 0 saturated heterocycles. The Morgan fingerprint density at radius 2 is 1.76 bits per heavy atom. The summed E-state index contributed by atoms with van der Waals surface area (Å²) in [6, 6.07) is 12.5. The molecule has 1 heterocycles. The number of nitrogens with one attached hydrogen (secondary N) is 2. The highest BCUT2D eigenvalue weighted by Crippen LogP contribution is 2.29. The molecule has 2 aromatic rings. The van der Waals surface area contributed by atoms with Crippen LogP contribution in [0.2, 0.25) is 0 Å². The topological polar surface area (TPSA) is 76.7 Å². The maximum Gasteiger partial charge on any atom is 0.252 e. The lowest BCUT2D eigenvalue weighted by atomic mass is 10.0. The zero-order chi connectivity index (χ0) is 17.8. The van der Waals surface area contributed by atoms with Gasteiger partial charge in [-0.15, -0.1) is 0 Å². The van der Waals surface area contributed by atoms with Crippen LogP contribution in [0.15, 0.2) is 42.5 Å². The maximum atomic E-state index is 12.3. The Morgan fingerprint density at radius 3 is 2.44 bits per heavy atom. The normalized spacial score (nSPS) is 15.3. The van der Waals surface area contributed by atoms with Crippen molar-refractivity contribution in [3.63, 3.8) is 0 Å². The van der Waals surface area contributed by atoms with E-state index in [-0.39, 0.29) is 30.8 Å². The number of ether oxygens (including phenoxy) is 2. The average molecular weight is 340 g/mol. The van der Waals surface area contributed by atoms with E-state index in [0.29, 0.717) is 17.1 Å². The van der Waals surface area contributed by atoms with Gasteiger partial charge in [0.2, 0.25) is 5.91 Å². The molecule has 1 aliphatic rings. The van der Waals surface area contributed by atoms with Gasteiger partial charge in [0, 0.05) is 5.56 Å². The van der Waals surface area contributed by atoms with E-state index >= 15 is 0 Å². The van der Waals surface area contributed by atoms with E-state index in [2.05, 4.69) is 10.6 Å². The molecule has 0 aliphatic carbocycles. The second-order valence-electron chi connectivity index (χ2n) is 5.74. The van der Waals surface area contributed by atoms with Gasteiger partial charge < -0.3 is 20.1 Å². The Balaban J connectivity index is 1.66. The first-order valence-electron chi connectivity index (χ1n) is 8.00. The van der Waals surface area contributed by atoms with Crippen LogP contribution in [0.3, 0.4) is 0 Å². The van der Waals surface area contributed by atoms with Gasteiger partial charge in [-0.05, 0) is 23.8 Å². The first-order valence-corrected chi connectivity index (χ1v) is 8.00. The van der Waals surface area contributed by atoms with Crippen LogP contribution in [0.5, 0.6) is 11.5 Å². The summed E-state index contributed by atoms with van der Waals surface area (Å²) in [7, 11) is 3.15. The Morgan fingerprint density at radius 1 is 1.08 bits per heavy atom. The van der Waals surface area contributed by atoms with E-state index in [1.54, 1.807) is 20.3 Å². The Kier molecular flexibility index (Phi) is 4.88. The average Bonchev–Trinajstić information content (AvgIpc) is 2.95. The van der Waals surface area contributed by atoms with Crippen molar-refractivity contribution in [1.29, 1.82) is 0 Å². The highest BCUT2D eigenvalue weighted by Gasteiger charge is 2.29. The van der Waals surface area contributed by atoms with Gasteiger partial charge in [0.15, 0.2) is 0 Å². The molecule has 25 heavy (non-hydrogen) atoms. The predicted molar refractivity (Wildman–Crippen MR) is 92.7 cm³/mol. The zero-order valence-corrected chi connectivity index (χ0v) is 14.2. The molecule has 3 rings (SSSR count). The number of benzene rings is 2. The highest BCUT2D eigenvalue weighted by molar-refractivity contribution is 5.99. The molecule has 0 radical (unpaired) electrons. The summed E-state index contributed by atoms with van der Waals surface area (Å²) >= 11 is 0. The number of fused-ring (bicyclic) bond motifs is 1. The van der Waals surface area contributed by atoms with Gasteiger partial charge in [0.25, 0.3) is 5.91 Å². The molecule has 0 bridgehead atoms. The molecule has 0 aromatic heterocycles. The van der Waals surface area contributed by atoms with Crippen molar-refractivity contribution >= 4 is 11.8 Å². The first kappa shape index (κ1) is 16.8. The molecular formula is C19H20N2O4. The second kappa shape index (κ2) is 7.25. The number of hydrogen-bond donors (Lipinski definition) is 2. The quantitative estimate of drug-likeness (QED) is 0.845. The third-order valence-electron chi connectivity index (χ3n) is 4.27. The van der Waals surface area contributed by atoms with Crippen LogP contribution in [-0.4, -0.2) is 26.0 Å². The van der Waals surface area contributed by atoms with Crippen LogP contribution in [0, 0.1) is 0 Å². The molecule has 0 spiro atoms. The minimum atomic E-state index is -0.303. The molecule has 2 amide bonds. The fourth-order valence-electron chi connectivity index (χ4n) is 3.03. The van der Waals surface area contributed by atoms with Gasteiger partial charge in [0.05, 0.1) is 38.8 Å². The summed E-state index contributed by atoms with van der Waals surface area (Å²) in [5, 5.41) is 5.72. The third-order valence-corrected chi connectivity index (χ3v) is 4.27. The molecular weight excluding hydrogens is 320 g/mol. The number of amides is 2. The molecule has 1 atom stereocenters. The monoisotopic (exact) mass is 340 g/mol. The van der Waals surface area contributed by atoms with Gasteiger partial charge in [-0.25, -0.2) is 0 Å². The summed E-state index contributed by atoms with van der Waals surface area (Å²) in [4.78, 5) is 24.3. The van der Waals surface area contributed by atoms with Crippen LogP contribution < -0.4 is 20.1 Å². The van der Waals surface area contributed by atoms with Crippen molar-refractivity contribution in [1.82, 2.24) is 10.6 Å². The summed E-state index contributed by atoms with van der Waals surface area (Å²) in [6.45, 7) is 0.286. The number of carbonyl (C=O) groups is 2. The third kappa shape index (κ3) is 3.42. The molecule has 0 fully saturated rings. The largest absolute Gasteiger partial charge is 0.496 e. The van der Waals surface area contributed by atoms with E-state index in [1.165, 1.54) is 0 Å². The molecule has 1 aliphatic heterocycles. The lowest BCUT2D eigenvalue weighted by Gasteiger charge is -2.15. The van der Waals surface area contributed by atoms with Crippen molar-refractivity contribution < 1.29 is 19.1 Å². The van der Waals surface area contributed by atoms with Crippen LogP contribution >= 0.6 is 0 Å². The second-order valence-corrected chi connectivity index (χ2v) is 5.74. The van der Waals surface area contributed by atoms with Crippen LogP contribution in [0.1, 0.15) is 33.9 Å². The zero-order valence-electron chi connectivity index (χ0n) is 14.2.